The van der Waals surface area contributed by atoms with E-state index in [9.17, 15) is 13.2 Å². The van der Waals surface area contributed by atoms with E-state index < -0.39 is 11.7 Å². The third-order valence-corrected chi connectivity index (χ3v) is 4.18. The zero-order valence-electron chi connectivity index (χ0n) is 13.1. The Morgan fingerprint density at radius 2 is 1.75 bits per heavy atom. The van der Waals surface area contributed by atoms with Gasteiger partial charge in [0.25, 0.3) is 0 Å². The number of nitrogens with one attached hydrogen (secondary N) is 1. The van der Waals surface area contributed by atoms with Gasteiger partial charge in [0, 0.05) is 18.2 Å². The van der Waals surface area contributed by atoms with Gasteiger partial charge in [0.15, 0.2) is 0 Å². The van der Waals surface area contributed by atoms with Gasteiger partial charge in [-0.1, -0.05) is 25.0 Å². The van der Waals surface area contributed by atoms with Crippen molar-refractivity contribution in [3.63, 3.8) is 0 Å². The summed E-state index contributed by atoms with van der Waals surface area (Å²) >= 11 is 0. The summed E-state index contributed by atoms with van der Waals surface area (Å²) in [6, 6.07) is 7.02. The van der Waals surface area contributed by atoms with E-state index in [4.69, 9.17) is 5.73 Å². The molecule has 0 unspecified atom stereocenters. The average molecular weight is 336 g/mol. The second-order valence-corrected chi connectivity index (χ2v) is 5.97. The van der Waals surface area contributed by atoms with E-state index in [1.54, 1.807) is 6.07 Å². The van der Waals surface area contributed by atoms with Crippen LogP contribution in [0.1, 0.15) is 36.9 Å². The van der Waals surface area contributed by atoms with Gasteiger partial charge in [0.1, 0.15) is 0 Å². The molecular formula is C17H19F3N4. The zero-order chi connectivity index (χ0) is 17.2. The molecule has 1 aliphatic carbocycles. The smallest absolute Gasteiger partial charge is 0.351 e. The van der Waals surface area contributed by atoms with Crippen molar-refractivity contribution in [3.8, 4) is 11.3 Å². The molecule has 2 aromatic rings. The van der Waals surface area contributed by atoms with Crippen LogP contribution in [0.15, 0.2) is 30.3 Å². The van der Waals surface area contributed by atoms with Gasteiger partial charge in [-0.15, -0.1) is 0 Å². The molecule has 24 heavy (non-hydrogen) atoms. The number of aromatic nitrogens is 2. The minimum absolute atomic E-state index is 0.246. The van der Waals surface area contributed by atoms with Crippen LogP contribution >= 0.6 is 0 Å². The van der Waals surface area contributed by atoms with E-state index in [1.807, 2.05) is 0 Å². The lowest BCUT2D eigenvalue weighted by molar-refractivity contribution is -0.137. The predicted octanol–water partition coefficient (Wildman–Crippen LogP) is 3.98. The van der Waals surface area contributed by atoms with Gasteiger partial charge in [0.05, 0.1) is 17.0 Å². The second-order valence-electron chi connectivity index (χ2n) is 5.97. The maximum atomic E-state index is 12.7. The minimum Gasteiger partial charge on any atom is -0.351 e. The Bertz CT molecular complexity index is 692. The van der Waals surface area contributed by atoms with Crippen LogP contribution in [0.25, 0.3) is 11.3 Å². The number of benzene rings is 1. The number of nitrogens with zero attached hydrogens (tertiary/aromatic N) is 2. The molecule has 1 heterocycles. The van der Waals surface area contributed by atoms with E-state index in [0.29, 0.717) is 28.9 Å². The van der Waals surface area contributed by atoms with Crippen molar-refractivity contribution in [1.82, 2.24) is 9.97 Å². The highest BCUT2D eigenvalue weighted by atomic mass is 19.4. The van der Waals surface area contributed by atoms with Crippen molar-refractivity contribution in [3.05, 3.63) is 41.6 Å². The Kier molecular flexibility index (Phi) is 4.71. The molecule has 1 saturated carbocycles. The van der Waals surface area contributed by atoms with E-state index in [-0.39, 0.29) is 6.54 Å². The third-order valence-electron chi connectivity index (χ3n) is 4.18. The fourth-order valence-electron chi connectivity index (χ4n) is 2.90. The molecule has 0 amide bonds. The molecule has 1 aliphatic rings. The van der Waals surface area contributed by atoms with Crippen LogP contribution in [-0.4, -0.2) is 16.0 Å². The van der Waals surface area contributed by atoms with Crippen LogP contribution < -0.4 is 11.1 Å². The summed E-state index contributed by atoms with van der Waals surface area (Å²) in [5.41, 5.74) is 6.84. The van der Waals surface area contributed by atoms with Crippen molar-refractivity contribution in [2.75, 3.05) is 5.32 Å². The van der Waals surface area contributed by atoms with Crippen LogP contribution in [0.2, 0.25) is 0 Å². The van der Waals surface area contributed by atoms with Gasteiger partial charge in [-0.2, -0.15) is 13.2 Å². The van der Waals surface area contributed by atoms with Crippen molar-refractivity contribution < 1.29 is 13.2 Å². The van der Waals surface area contributed by atoms with Gasteiger partial charge in [-0.05, 0) is 31.0 Å². The van der Waals surface area contributed by atoms with Crippen molar-refractivity contribution in [1.29, 1.82) is 0 Å². The first-order valence-electron chi connectivity index (χ1n) is 7.98. The molecule has 0 atom stereocenters. The maximum absolute atomic E-state index is 12.7. The number of halogens is 3. The summed E-state index contributed by atoms with van der Waals surface area (Å²) in [4.78, 5) is 8.82. The first-order chi connectivity index (χ1) is 11.5. The Hall–Kier alpha value is -2.15. The van der Waals surface area contributed by atoms with Gasteiger partial charge in [-0.3, -0.25) is 0 Å². The molecule has 0 saturated heterocycles. The SMILES string of the molecule is NCc1cc(-c2ccc(C(F)(F)F)cc2)nc(NC2CCCC2)n1. The molecule has 3 rings (SSSR count). The highest BCUT2D eigenvalue weighted by Crippen LogP contribution is 2.31. The highest BCUT2D eigenvalue weighted by molar-refractivity contribution is 5.61. The Morgan fingerprint density at radius 1 is 1.08 bits per heavy atom. The number of anilines is 1. The monoisotopic (exact) mass is 336 g/mol. The Balaban J connectivity index is 1.88. The summed E-state index contributed by atoms with van der Waals surface area (Å²) in [5.74, 6) is 0.486. The molecule has 1 aromatic heterocycles. The fraction of sp³-hybridized carbons (Fsp3) is 0.412. The molecule has 4 nitrogen and oxygen atoms in total. The lowest BCUT2D eigenvalue weighted by Crippen LogP contribution is -2.18. The van der Waals surface area contributed by atoms with Gasteiger partial charge < -0.3 is 11.1 Å². The molecule has 0 spiro atoms. The van der Waals surface area contributed by atoms with Gasteiger partial charge in [-0.25, -0.2) is 9.97 Å². The average Bonchev–Trinajstić information content (AvgIpc) is 3.07. The number of rotatable bonds is 4. The van der Waals surface area contributed by atoms with Crippen LogP contribution in [0, 0.1) is 0 Å². The number of hydrogen-bond acceptors (Lipinski definition) is 4. The summed E-state index contributed by atoms with van der Waals surface area (Å²) < 4.78 is 38.0. The summed E-state index contributed by atoms with van der Waals surface area (Å²) in [6.07, 6.45) is 0.166. The summed E-state index contributed by atoms with van der Waals surface area (Å²) in [6.45, 7) is 0.246. The lowest BCUT2D eigenvalue weighted by atomic mass is 10.1. The van der Waals surface area contributed by atoms with E-state index in [0.717, 1.165) is 25.0 Å². The topological polar surface area (TPSA) is 63.8 Å². The van der Waals surface area contributed by atoms with Crippen molar-refractivity contribution in [2.45, 2.75) is 44.4 Å². The number of hydrogen-bond donors (Lipinski definition) is 2. The third kappa shape index (κ3) is 3.84. The van der Waals surface area contributed by atoms with Crippen LogP contribution in [0.3, 0.4) is 0 Å². The van der Waals surface area contributed by atoms with Crippen molar-refractivity contribution in [2.24, 2.45) is 5.73 Å². The quantitative estimate of drug-likeness (QED) is 0.886. The first kappa shape index (κ1) is 16.7. The number of alkyl halides is 3. The van der Waals surface area contributed by atoms with E-state index in [2.05, 4.69) is 15.3 Å². The molecule has 0 radical (unpaired) electrons. The van der Waals surface area contributed by atoms with E-state index in [1.165, 1.54) is 25.0 Å². The lowest BCUT2D eigenvalue weighted by Gasteiger charge is -2.14. The molecule has 0 aliphatic heterocycles. The molecule has 0 bridgehead atoms. The van der Waals surface area contributed by atoms with Crippen LogP contribution in [-0.2, 0) is 12.7 Å². The fourth-order valence-corrected chi connectivity index (χ4v) is 2.90. The van der Waals surface area contributed by atoms with Gasteiger partial charge >= 0.3 is 6.18 Å². The molecule has 7 heteroatoms. The minimum atomic E-state index is -4.35. The molecule has 3 N–H and O–H groups in total. The molecular weight excluding hydrogens is 317 g/mol. The standard InChI is InChI=1S/C17H19F3N4/c18-17(19,20)12-7-5-11(6-8-12)15-9-14(10-21)23-16(24-15)22-13-3-1-2-4-13/h5-9,13H,1-4,10,21H2,(H,22,23,24). The first-order valence-corrected chi connectivity index (χ1v) is 7.98. The molecule has 1 fully saturated rings. The molecule has 128 valence electrons. The second kappa shape index (κ2) is 6.76. The van der Waals surface area contributed by atoms with E-state index >= 15 is 0 Å². The Morgan fingerprint density at radius 3 is 2.33 bits per heavy atom. The normalized spacial score (nSPS) is 15.7. The predicted molar refractivity (Wildman–Crippen MR) is 86.2 cm³/mol. The van der Waals surface area contributed by atoms with Gasteiger partial charge in [0.2, 0.25) is 5.95 Å². The maximum Gasteiger partial charge on any atom is 0.416 e. The Labute approximate surface area is 138 Å². The number of nitrogens with two attached hydrogens (primary N) is 1. The van der Waals surface area contributed by atoms with Crippen molar-refractivity contribution >= 4 is 5.95 Å². The largest absolute Gasteiger partial charge is 0.416 e. The zero-order valence-corrected chi connectivity index (χ0v) is 13.1. The summed E-state index contributed by atoms with van der Waals surface area (Å²) in [7, 11) is 0. The highest BCUT2D eigenvalue weighted by Gasteiger charge is 2.30. The van der Waals surface area contributed by atoms with Crippen LogP contribution in [0.5, 0.6) is 0 Å². The van der Waals surface area contributed by atoms with Crippen LogP contribution in [0.4, 0.5) is 19.1 Å². The molecule has 1 aromatic carbocycles. The summed E-state index contributed by atoms with van der Waals surface area (Å²) in [5, 5.41) is 3.30.